The Morgan fingerprint density at radius 1 is 1.37 bits per heavy atom. The van der Waals surface area contributed by atoms with Crippen molar-refractivity contribution in [2.45, 2.75) is 31.4 Å². The van der Waals surface area contributed by atoms with Gasteiger partial charge in [0, 0.05) is 35.1 Å². The fourth-order valence-corrected chi connectivity index (χ4v) is 5.05. The number of nitrogens with zero attached hydrogens (tertiary/aromatic N) is 1. The molecule has 8 heteroatoms. The number of halogens is 1. The number of rotatable bonds is 6. The number of thiazole rings is 1. The lowest BCUT2D eigenvalue weighted by Crippen LogP contribution is -2.47. The largest absolute Gasteiger partial charge is 0.616 e. The zero-order valence-corrected chi connectivity index (χ0v) is 17.8. The Morgan fingerprint density at radius 2 is 2.04 bits per heavy atom. The quantitative estimate of drug-likeness (QED) is 0.696. The van der Waals surface area contributed by atoms with Gasteiger partial charge in [-0.3, -0.25) is 10.1 Å². The number of aromatic nitrogens is 1. The van der Waals surface area contributed by atoms with Crippen LogP contribution in [0.3, 0.4) is 0 Å². The first-order valence-corrected chi connectivity index (χ1v) is 11.4. The maximum absolute atomic E-state index is 12.8. The summed E-state index contributed by atoms with van der Waals surface area (Å²) in [6, 6.07) is 7.37. The van der Waals surface area contributed by atoms with E-state index in [0.717, 1.165) is 24.1 Å². The van der Waals surface area contributed by atoms with E-state index in [1.54, 1.807) is 26.0 Å². The lowest BCUT2D eigenvalue weighted by atomic mass is 10.0. The van der Waals surface area contributed by atoms with Gasteiger partial charge in [-0.1, -0.05) is 23.7 Å². The van der Waals surface area contributed by atoms with E-state index >= 15 is 0 Å². The molecule has 2 aromatic rings. The topological polar surface area (TPSA) is 74.3 Å². The van der Waals surface area contributed by atoms with E-state index in [9.17, 15) is 9.35 Å². The molecule has 1 N–H and O–H groups in total. The van der Waals surface area contributed by atoms with Crippen LogP contribution in [0.15, 0.2) is 29.6 Å². The molecule has 146 valence electrons. The molecule has 1 aromatic carbocycles. The number of hydrogen-bond donors (Lipinski definition) is 1. The van der Waals surface area contributed by atoms with Gasteiger partial charge >= 0.3 is 0 Å². The fraction of sp³-hybridized carbons (Fsp3) is 0.474. The van der Waals surface area contributed by atoms with Gasteiger partial charge in [-0.15, -0.1) is 11.3 Å². The number of amides is 1. The highest BCUT2D eigenvalue weighted by Gasteiger charge is 2.41. The van der Waals surface area contributed by atoms with Crippen molar-refractivity contribution in [1.82, 2.24) is 4.98 Å². The van der Waals surface area contributed by atoms with Crippen molar-refractivity contribution < 1.29 is 14.1 Å². The monoisotopic (exact) mass is 426 g/mol. The average Bonchev–Trinajstić information content (AvgIpc) is 3.11. The minimum Gasteiger partial charge on any atom is -0.616 e. The van der Waals surface area contributed by atoms with Crippen molar-refractivity contribution >= 4 is 45.2 Å². The Hall–Kier alpha value is -1.12. The van der Waals surface area contributed by atoms with Gasteiger partial charge in [-0.2, -0.15) is 0 Å². The van der Waals surface area contributed by atoms with Crippen LogP contribution in [-0.2, 0) is 20.7 Å². The van der Waals surface area contributed by atoms with Gasteiger partial charge < -0.3 is 9.29 Å². The molecule has 5 nitrogen and oxygen atoms in total. The third kappa shape index (κ3) is 5.23. The maximum atomic E-state index is 12.8. The van der Waals surface area contributed by atoms with Crippen molar-refractivity contribution in [3.8, 4) is 11.3 Å². The first-order chi connectivity index (χ1) is 12.9. The van der Waals surface area contributed by atoms with Crippen LogP contribution < -0.4 is 5.32 Å². The molecule has 0 bridgehead atoms. The van der Waals surface area contributed by atoms with E-state index in [0.29, 0.717) is 35.0 Å². The lowest BCUT2D eigenvalue weighted by Gasteiger charge is -2.31. The molecule has 1 aromatic heterocycles. The zero-order chi connectivity index (χ0) is 19.4. The molecule has 1 aliphatic heterocycles. The van der Waals surface area contributed by atoms with Crippen LogP contribution in [0.25, 0.3) is 11.3 Å². The smallest absolute Gasteiger partial charge is 0.281 e. The number of anilines is 1. The molecule has 0 aliphatic carbocycles. The molecule has 1 unspecified atom stereocenters. The molecule has 1 aliphatic rings. The SMILES string of the molecule is CC(C)(C(=O)Nc1nc(-c2ccc(Cl)cc2)cs1)[S+]([O-])CC1CCOCC1. The standard InChI is InChI=1S/C19H23ClN2O3S2/c1-19(2,27(24)12-13-7-9-25-10-8-13)17(23)22-18-21-16(11-26-18)14-3-5-15(20)6-4-14/h3-6,11,13H,7-10,12H2,1-2H3,(H,21,22,23). The van der Waals surface area contributed by atoms with Crippen LogP contribution >= 0.6 is 22.9 Å². The van der Waals surface area contributed by atoms with Gasteiger partial charge in [0.15, 0.2) is 9.88 Å². The normalized spacial score (nSPS) is 16.9. The van der Waals surface area contributed by atoms with Gasteiger partial charge in [0.25, 0.3) is 5.91 Å². The molecular weight excluding hydrogens is 404 g/mol. The highest BCUT2D eigenvalue weighted by atomic mass is 35.5. The minimum absolute atomic E-state index is 0.273. The van der Waals surface area contributed by atoms with E-state index in [1.165, 1.54) is 11.3 Å². The Balaban J connectivity index is 1.62. The zero-order valence-electron chi connectivity index (χ0n) is 15.4. The maximum Gasteiger partial charge on any atom is 0.281 e. The highest BCUT2D eigenvalue weighted by molar-refractivity contribution is 7.93. The fourth-order valence-electron chi connectivity index (χ4n) is 2.77. The van der Waals surface area contributed by atoms with E-state index in [2.05, 4.69) is 10.3 Å². The summed E-state index contributed by atoms with van der Waals surface area (Å²) in [5, 5.41) is 5.87. The van der Waals surface area contributed by atoms with Gasteiger partial charge in [-0.05, 0) is 50.0 Å². The van der Waals surface area contributed by atoms with Crippen LogP contribution in [0.5, 0.6) is 0 Å². The van der Waals surface area contributed by atoms with Crippen molar-refractivity contribution in [3.63, 3.8) is 0 Å². The Morgan fingerprint density at radius 3 is 2.70 bits per heavy atom. The molecule has 0 saturated carbocycles. The molecule has 27 heavy (non-hydrogen) atoms. The second-order valence-corrected chi connectivity index (χ2v) is 10.4. The Kier molecular flexibility index (Phi) is 6.81. The molecular formula is C19H23ClN2O3S2. The lowest BCUT2D eigenvalue weighted by molar-refractivity contribution is -0.117. The van der Waals surface area contributed by atoms with Crippen LogP contribution in [0.1, 0.15) is 26.7 Å². The van der Waals surface area contributed by atoms with E-state index < -0.39 is 15.9 Å². The molecule has 1 fully saturated rings. The number of hydrogen-bond acceptors (Lipinski definition) is 5. The molecule has 3 rings (SSSR count). The summed E-state index contributed by atoms with van der Waals surface area (Å²) >= 11 is 5.99. The first kappa shape index (κ1) is 20.6. The third-order valence-corrected chi connectivity index (χ3v) is 7.82. The predicted octanol–water partition coefficient (Wildman–Crippen LogP) is 4.36. The Bertz CT molecular complexity index is 774. The van der Waals surface area contributed by atoms with Gasteiger partial charge in [0.2, 0.25) is 0 Å². The first-order valence-electron chi connectivity index (χ1n) is 8.85. The van der Waals surface area contributed by atoms with E-state index in [1.807, 2.05) is 17.5 Å². The number of ether oxygens (including phenoxy) is 1. The minimum atomic E-state index is -1.27. The van der Waals surface area contributed by atoms with Crippen LogP contribution in [-0.4, -0.2) is 39.2 Å². The summed E-state index contributed by atoms with van der Waals surface area (Å²) in [5.41, 5.74) is 1.70. The van der Waals surface area contributed by atoms with Gasteiger partial charge in [0.1, 0.15) is 5.75 Å². The average molecular weight is 427 g/mol. The Labute approximate surface area is 171 Å². The molecule has 1 atom stereocenters. The second kappa shape index (κ2) is 8.92. The second-order valence-electron chi connectivity index (χ2n) is 7.08. The predicted molar refractivity (Wildman–Crippen MR) is 112 cm³/mol. The van der Waals surface area contributed by atoms with E-state index in [4.69, 9.17) is 16.3 Å². The summed E-state index contributed by atoms with van der Waals surface area (Å²) in [6.45, 7) is 4.87. The number of carbonyl (C=O) groups is 1. The van der Waals surface area contributed by atoms with Crippen molar-refractivity contribution in [2.24, 2.45) is 5.92 Å². The number of benzene rings is 1. The number of nitrogens with one attached hydrogen (secondary N) is 1. The molecule has 0 spiro atoms. The van der Waals surface area contributed by atoms with Crippen molar-refractivity contribution in [1.29, 1.82) is 0 Å². The van der Waals surface area contributed by atoms with Crippen LogP contribution in [0.4, 0.5) is 5.13 Å². The van der Waals surface area contributed by atoms with Gasteiger partial charge in [0.05, 0.1) is 5.69 Å². The van der Waals surface area contributed by atoms with Crippen molar-refractivity contribution in [3.05, 3.63) is 34.7 Å². The highest BCUT2D eigenvalue weighted by Crippen LogP contribution is 2.29. The number of carbonyl (C=O) groups excluding carboxylic acids is 1. The summed E-state index contributed by atoms with van der Waals surface area (Å²) in [6.07, 6.45) is 1.81. The van der Waals surface area contributed by atoms with Crippen LogP contribution in [0, 0.1) is 5.92 Å². The molecule has 2 heterocycles. The molecule has 1 amide bonds. The summed E-state index contributed by atoms with van der Waals surface area (Å²) in [5.74, 6) is 0.602. The van der Waals surface area contributed by atoms with Gasteiger partial charge in [-0.25, -0.2) is 4.98 Å². The summed E-state index contributed by atoms with van der Waals surface area (Å²) < 4.78 is 17.2. The third-order valence-electron chi connectivity index (χ3n) is 4.71. The van der Waals surface area contributed by atoms with E-state index in [-0.39, 0.29) is 5.91 Å². The molecule has 0 radical (unpaired) electrons. The van der Waals surface area contributed by atoms with Crippen molar-refractivity contribution in [2.75, 3.05) is 24.3 Å². The summed E-state index contributed by atoms with van der Waals surface area (Å²) in [7, 11) is 0. The molecule has 1 saturated heterocycles. The van der Waals surface area contributed by atoms with Crippen LogP contribution in [0.2, 0.25) is 5.02 Å². The summed E-state index contributed by atoms with van der Waals surface area (Å²) in [4.78, 5) is 17.2.